The van der Waals surface area contributed by atoms with Crippen molar-refractivity contribution in [1.82, 2.24) is 9.97 Å². The van der Waals surface area contributed by atoms with Gasteiger partial charge in [0.15, 0.2) is 0 Å². The lowest BCUT2D eigenvalue weighted by molar-refractivity contribution is -0.115. The first-order chi connectivity index (χ1) is 11.3. The standard InChI is InChI=1S/C17H20N4OS/c22-17(8-11-23-14-6-2-1-3-7-14)20-15-12-16(19-13-18-15)21-9-4-5-10-21/h1-3,6-7,12-13H,4-5,8-11H2,(H,18,19,20,22). The summed E-state index contributed by atoms with van der Waals surface area (Å²) in [6.07, 6.45) is 4.37. The van der Waals surface area contributed by atoms with Gasteiger partial charge in [-0.05, 0) is 25.0 Å². The van der Waals surface area contributed by atoms with Gasteiger partial charge in [0.05, 0.1) is 0 Å². The van der Waals surface area contributed by atoms with E-state index >= 15 is 0 Å². The minimum absolute atomic E-state index is 0.0143. The molecule has 3 rings (SSSR count). The van der Waals surface area contributed by atoms with Crippen molar-refractivity contribution in [3.63, 3.8) is 0 Å². The predicted octanol–water partition coefficient (Wildman–Crippen LogP) is 3.20. The fourth-order valence-corrected chi connectivity index (χ4v) is 3.39. The first-order valence-corrected chi connectivity index (χ1v) is 8.84. The Morgan fingerprint density at radius 3 is 2.74 bits per heavy atom. The first kappa shape index (κ1) is 15.8. The number of nitrogens with one attached hydrogen (secondary N) is 1. The fourth-order valence-electron chi connectivity index (χ4n) is 2.52. The summed E-state index contributed by atoms with van der Waals surface area (Å²) in [7, 11) is 0. The summed E-state index contributed by atoms with van der Waals surface area (Å²) in [4.78, 5) is 23.9. The van der Waals surface area contributed by atoms with Crippen LogP contribution in [0.15, 0.2) is 47.6 Å². The molecule has 1 aromatic carbocycles. The summed E-state index contributed by atoms with van der Waals surface area (Å²) in [6, 6.07) is 12.0. The summed E-state index contributed by atoms with van der Waals surface area (Å²) >= 11 is 1.68. The number of carbonyl (C=O) groups excluding carboxylic acids is 1. The number of rotatable bonds is 6. The van der Waals surface area contributed by atoms with Crippen LogP contribution >= 0.6 is 11.8 Å². The van der Waals surface area contributed by atoms with Gasteiger partial charge in [-0.2, -0.15) is 0 Å². The maximum absolute atomic E-state index is 12.0. The van der Waals surface area contributed by atoms with Gasteiger partial charge in [-0.15, -0.1) is 11.8 Å². The van der Waals surface area contributed by atoms with Crippen LogP contribution in [0, 0.1) is 0 Å². The molecule has 0 saturated carbocycles. The molecule has 120 valence electrons. The Balaban J connectivity index is 1.48. The molecule has 2 aromatic rings. The monoisotopic (exact) mass is 328 g/mol. The molecule has 0 radical (unpaired) electrons. The van der Waals surface area contributed by atoms with Gasteiger partial charge in [-0.1, -0.05) is 18.2 Å². The van der Waals surface area contributed by atoms with Gasteiger partial charge in [0.1, 0.15) is 18.0 Å². The van der Waals surface area contributed by atoms with Crippen LogP contribution in [-0.2, 0) is 4.79 Å². The number of hydrogen-bond donors (Lipinski definition) is 1. The second-order valence-corrected chi connectivity index (χ2v) is 6.58. The number of nitrogens with zero attached hydrogens (tertiary/aromatic N) is 3. The molecule has 0 bridgehead atoms. The van der Waals surface area contributed by atoms with Crippen LogP contribution in [0.3, 0.4) is 0 Å². The number of thioether (sulfide) groups is 1. The van der Waals surface area contributed by atoms with Gasteiger partial charge in [0, 0.05) is 36.2 Å². The number of anilines is 2. The lowest BCUT2D eigenvalue weighted by atomic mass is 10.4. The van der Waals surface area contributed by atoms with E-state index in [9.17, 15) is 4.79 Å². The molecule has 1 fully saturated rings. The SMILES string of the molecule is O=C(CCSc1ccccc1)Nc1cc(N2CCCC2)ncn1. The molecule has 5 nitrogen and oxygen atoms in total. The van der Waals surface area contributed by atoms with E-state index in [1.165, 1.54) is 24.1 Å². The summed E-state index contributed by atoms with van der Waals surface area (Å²) in [6.45, 7) is 2.05. The molecular formula is C17H20N4OS. The highest BCUT2D eigenvalue weighted by Gasteiger charge is 2.14. The summed E-state index contributed by atoms with van der Waals surface area (Å²) < 4.78 is 0. The fraction of sp³-hybridized carbons (Fsp3) is 0.353. The lowest BCUT2D eigenvalue weighted by Gasteiger charge is -2.16. The van der Waals surface area contributed by atoms with Crippen molar-refractivity contribution < 1.29 is 4.79 Å². The predicted molar refractivity (Wildman–Crippen MR) is 93.9 cm³/mol. The van der Waals surface area contributed by atoms with E-state index in [4.69, 9.17) is 0 Å². The van der Waals surface area contributed by atoms with Gasteiger partial charge in [0.25, 0.3) is 0 Å². The van der Waals surface area contributed by atoms with Crippen molar-refractivity contribution in [3.8, 4) is 0 Å². The van der Waals surface area contributed by atoms with Gasteiger partial charge in [-0.25, -0.2) is 9.97 Å². The van der Waals surface area contributed by atoms with Gasteiger partial charge < -0.3 is 10.2 Å². The van der Waals surface area contributed by atoms with Gasteiger partial charge >= 0.3 is 0 Å². The molecule has 1 saturated heterocycles. The minimum Gasteiger partial charge on any atom is -0.356 e. The van der Waals surface area contributed by atoms with E-state index in [0.717, 1.165) is 24.7 Å². The zero-order chi connectivity index (χ0) is 15.9. The van der Waals surface area contributed by atoms with Crippen LogP contribution in [-0.4, -0.2) is 34.7 Å². The van der Waals surface area contributed by atoms with Crippen molar-refractivity contribution in [2.24, 2.45) is 0 Å². The molecule has 1 amide bonds. The lowest BCUT2D eigenvalue weighted by Crippen LogP contribution is -2.20. The van der Waals surface area contributed by atoms with Gasteiger partial charge in [0.2, 0.25) is 5.91 Å². The highest BCUT2D eigenvalue weighted by molar-refractivity contribution is 7.99. The molecule has 0 atom stereocenters. The van der Waals surface area contributed by atoms with E-state index in [-0.39, 0.29) is 5.91 Å². The van der Waals surface area contributed by atoms with Crippen LogP contribution in [0.4, 0.5) is 11.6 Å². The second kappa shape index (κ2) is 7.97. The molecule has 1 aliphatic rings. The molecule has 1 N–H and O–H groups in total. The third-order valence-corrected chi connectivity index (χ3v) is 4.70. The number of hydrogen-bond acceptors (Lipinski definition) is 5. The van der Waals surface area contributed by atoms with Crippen molar-refractivity contribution in [2.45, 2.75) is 24.2 Å². The number of amides is 1. The maximum Gasteiger partial charge on any atom is 0.226 e. The topological polar surface area (TPSA) is 58.1 Å². The third-order valence-electron chi connectivity index (χ3n) is 3.69. The Morgan fingerprint density at radius 1 is 1.17 bits per heavy atom. The molecule has 1 aromatic heterocycles. The number of benzene rings is 1. The van der Waals surface area contributed by atoms with Crippen LogP contribution in [0.1, 0.15) is 19.3 Å². The van der Waals surface area contributed by atoms with Crippen LogP contribution in [0.2, 0.25) is 0 Å². The van der Waals surface area contributed by atoms with Crippen LogP contribution < -0.4 is 10.2 Å². The molecule has 1 aliphatic heterocycles. The molecule has 0 unspecified atom stereocenters. The minimum atomic E-state index is -0.0143. The molecule has 23 heavy (non-hydrogen) atoms. The molecule has 0 spiro atoms. The van der Waals surface area contributed by atoms with Crippen molar-refractivity contribution in [2.75, 3.05) is 29.1 Å². The van der Waals surface area contributed by atoms with E-state index in [2.05, 4.69) is 32.3 Å². The van der Waals surface area contributed by atoms with E-state index in [1.807, 2.05) is 24.3 Å². The molecule has 2 heterocycles. The Bertz CT molecular complexity index is 644. The first-order valence-electron chi connectivity index (χ1n) is 7.86. The summed E-state index contributed by atoms with van der Waals surface area (Å²) in [5.41, 5.74) is 0. The van der Waals surface area contributed by atoms with Crippen molar-refractivity contribution in [3.05, 3.63) is 42.7 Å². The van der Waals surface area contributed by atoms with E-state index in [0.29, 0.717) is 12.2 Å². The van der Waals surface area contributed by atoms with E-state index < -0.39 is 0 Å². The highest BCUT2D eigenvalue weighted by Crippen LogP contribution is 2.20. The van der Waals surface area contributed by atoms with Gasteiger partial charge in [-0.3, -0.25) is 4.79 Å². The average molecular weight is 328 g/mol. The maximum atomic E-state index is 12.0. The quantitative estimate of drug-likeness (QED) is 0.825. The zero-order valence-corrected chi connectivity index (χ0v) is 13.8. The van der Waals surface area contributed by atoms with E-state index in [1.54, 1.807) is 11.8 Å². The van der Waals surface area contributed by atoms with Crippen molar-refractivity contribution in [1.29, 1.82) is 0 Å². The number of carbonyl (C=O) groups is 1. The van der Waals surface area contributed by atoms with Crippen LogP contribution in [0.25, 0.3) is 0 Å². The van der Waals surface area contributed by atoms with Crippen molar-refractivity contribution >= 4 is 29.3 Å². The molecular weight excluding hydrogens is 308 g/mol. The second-order valence-electron chi connectivity index (χ2n) is 5.42. The zero-order valence-electron chi connectivity index (χ0n) is 12.9. The molecule has 0 aliphatic carbocycles. The Hall–Kier alpha value is -2.08. The summed E-state index contributed by atoms with van der Waals surface area (Å²) in [5, 5.41) is 2.86. The number of aromatic nitrogens is 2. The van der Waals surface area contributed by atoms with Crippen LogP contribution in [0.5, 0.6) is 0 Å². The Morgan fingerprint density at radius 2 is 1.96 bits per heavy atom. The Labute approximate surface area is 140 Å². The third kappa shape index (κ3) is 4.69. The molecule has 6 heteroatoms. The average Bonchev–Trinajstić information content (AvgIpc) is 3.11. The highest BCUT2D eigenvalue weighted by atomic mass is 32.2. The normalized spacial score (nSPS) is 14.0. The largest absolute Gasteiger partial charge is 0.356 e. The Kier molecular flexibility index (Phi) is 5.47. The summed E-state index contributed by atoms with van der Waals surface area (Å²) in [5.74, 6) is 2.21. The smallest absolute Gasteiger partial charge is 0.226 e.